The molecule has 0 amide bonds. The largest absolute Gasteiger partial charge is 0.352 e. The highest BCUT2D eigenvalue weighted by molar-refractivity contribution is 5.04. The third-order valence-electron chi connectivity index (χ3n) is 2.74. The Labute approximate surface area is 69.7 Å². The molecule has 11 heavy (non-hydrogen) atoms. The van der Waals surface area contributed by atoms with Crippen molar-refractivity contribution in [3.8, 4) is 0 Å². The summed E-state index contributed by atoms with van der Waals surface area (Å²) in [5, 5.41) is 0. The summed E-state index contributed by atoms with van der Waals surface area (Å²) >= 11 is 0. The molecule has 0 aliphatic heterocycles. The molecule has 3 N–H and O–H groups in total. The van der Waals surface area contributed by atoms with Gasteiger partial charge in [-0.3, -0.25) is 0 Å². The summed E-state index contributed by atoms with van der Waals surface area (Å²) in [5.41, 5.74) is 5.63. The fraction of sp³-hybridized carbons (Fsp3) is 0.800. The molecule has 1 aliphatic carbocycles. The summed E-state index contributed by atoms with van der Waals surface area (Å²) in [6, 6.07) is 0.586. The van der Waals surface area contributed by atoms with Gasteiger partial charge >= 0.3 is 0 Å². The van der Waals surface area contributed by atoms with Crippen molar-refractivity contribution in [1.29, 1.82) is 0 Å². The summed E-state index contributed by atoms with van der Waals surface area (Å²) < 4.78 is 0. The van der Waals surface area contributed by atoms with Gasteiger partial charge in [-0.2, -0.15) is 0 Å². The van der Waals surface area contributed by atoms with E-state index in [0.29, 0.717) is 6.04 Å². The average molecular weight is 154 g/mol. The molecular formula is C10H20N+. The predicted octanol–water partition coefficient (Wildman–Crippen LogP) is 1.75. The van der Waals surface area contributed by atoms with Crippen LogP contribution in [0.2, 0.25) is 0 Å². The van der Waals surface area contributed by atoms with Crippen LogP contribution in [0.25, 0.3) is 0 Å². The quantitative estimate of drug-likeness (QED) is 0.515. The van der Waals surface area contributed by atoms with Crippen molar-refractivity contribution in [3.63, 3.8) is 0 Å². The average Bonchev–Trinajstić information content (AvgIpc) is 1.98. The van der Waals surface area contributed by atoms with E-state index in [-0.39, 0.29) is 0 Å². The lowest BCUT2D eigenvalue weighted by molar-refractivity contribution is -0.408. The zero-order chi connectivity index (χ0) is 8.27. The van der Waals surface area contributed by atoms with E-state index in [9.17, 15) is 0 Å². The minimum absolute atomic E-state index is 0.586. The van der Waals surface area contributed by atoms with Crippen LogP contribution < -0.4 is 5.73 Å². The molecule has 0 aromatic carbocycles. The Kier molecular flexibility index (Phi) is 3.13. The summed E-state index contributed by atoms with van der Waals surface area (Å²) in [5.74, 6) is 0.887. The molecule has 0 radical (unpaired) electrons. The van der Waals surface area contributed by atoms with Crippen molar-refractivity contribution in [2.45, 2.75) is 45.6 Å². The molecule has 2 atom stereocenters. The first-order chi connectivity index (χ1) is 5.20. The van der Waals surface area contributed by atoms with Gasteiger partial charge in [-0.15, -0.1) is 0 Å². The molecule has 0 spiro atoms. The highest BCUT2D eigenvalue weighted by atomic mass is 14.6. The molecule has 0 heterocycles. The normalized spacial score (nSPS) is 33.9. The van der Waals surface area contributed by atoms with Gasteiger partial charge in [-0.05, 0) is 31.3 Å². The van der Waals surface area contributed by atoms with Crippen LogP contribution in [0.15, 0.2) is 11.6 Å². The molecule has 0 saturated carbocycles. The highest BCUT2D eigenvalue weighted by Gasteiger charge is 2.12. The SMILES string of the molecule is CC1=CCC(C)CCCC1[NH3+]. The standard InChI is InChI=1S/C10H19N/c1-8-4-3-5-10(11)9(2)7-6-8/h7-8,10H,3-6,11H2,1-2H3/p+1. The fourth-order valence-electron chi connectivity index (χ4n) is 1.61. The zero-order valence-corrected chi connectivity index (χ0v) is 7.77. The molecular weight excluding hydrogens is 134 g/mol. The maximum atomic E-state index is 4.14. The Bertz CT molecular complexity index is 149. The van der Waals surface area contributed by atoms with E-state index in [1.165, 1.54) is 31.3 Å². The number of hydrogen-bond acceptors (Lipinski definition) is 0. The van der Waals surface area contributed by atoms with Gasteiger partial charge in [-0.1, -0.05) is 19.4 Å². The van der Waals surface area contributed by atoms with Gasteiger partial charge in [0.25, 0.3) is 0 Å². The molecule has 1 aliphatic rings. The topological polar surface area (TPSA) is 27.6 Å². The van der Waals surface area contributed by atoms with Crippen LogP contribution in [0, 0.1) is 5.92 Å². The molecule has 1 heteroatoms. The molecule has 0 aromatic rings. The van der Waals surface area contributed by atoms with Crippen LogP contribution in [-0.4, -0.2) is 6.04 Å². The van der Waals surface area contributed by atoms with Crippen LogP contribution >= 0.6 is 0 Å². The van der Waals surface area contributed by atoms with Crippen molar-refractivity contribution < 1.29 is 5.73 Å². The van der Waals surface area contributed by atoms with Crippen molar-refractivity contribution in [1.82, 2.24) is 0 Å². The lowest BCUT2D eigenvalue weighted by atomic mass is 9.91. The van der Waals surface area contributed by atoms with Crippen LogP contribution in [0.5, 0.6) is 0 Å². The molecule has 1 rings (SSSR count). The smallest absolute Gasteiger partial charge is 0.106 e. The summed E-state index contributed by atoms with van der Waals surface area (Å²) in [6.45, 7) is 4.56. The minimum atomic E-state index is 0.586. The molecule has 0 fully saturated rings. The van der Waals surface area contributed by atoms with Crippen LogP contribution in [0.4, 0.5) is 0 Å². The van der Waals surface area contributed by atoms with Crippen molar-refractivity contribution >= 4 is 0 Å². The zero-order valence-electron chi connectivity index (χ0n) is 7.77. The van der Waals surface area contributed by atoms with Gasteiger partial charge in [0.1, 0.15) is 6.04 Å². The van der Waals surface area contributed by atoms with Gasteiger partial charge in [0, 0.05) is 6.42 Å². The minimum Gasteiger partial charge on any atom is -0.352 e. The molecule has 0 saturated heterocycles. The fourth-order valence-corrected chi connectivity index (χ4v) is 1.61. The lowest BCUT2D eigenvalue weighted by Gasteiger charge is -2.16. The summed E-state index contributed by atoms with van der Waals surface area (Å²) in [6.07, 6.45) is 7.67. The van der Waals surface area contributed by atoms with E-state index >= 15 is 0 Å². The Morgan fingerprint density at radius 3 is 2.91 bits per heavy atom. The Hall–Kier alpha value is -0.300. The summed E-state index contributed by atoms with van der Waals surface area (Å²) in [7, 11) is 0. The molecule has 0 bridgehead atoms. The lowest BCUT2D eigenvalue weighted by Crippen LogP contribution is -2.61. The first kappa shape index (κ1) is 8.79. The molecule has 64 valence electrons. The van der Waals surface area contributed by atoms with Crippen LogP contribution in [0.1, 0.15) is 39.5 Å². The van der Waals surface area contributed by atoms with E-state index in [2.05, 4.69) is 25.7 Å². The summed E-state index contributed by atoms with van der Waals surface area (Å²) in [4.78, 5) is 0. The van der Waals surface area contributed by atoms with Gasteiger partial charge in [-0.25, -0.2) is 0 Å². The molecule has 2 unspecified atom stereocenters. The van der Waals surface area contributed by atoms with E-state index in [1.54, 1.807) is 0 Å². The van der Waals surface area contributed by atoms with Crippen molar-refractivity contribution in [3.05, 3.63) is 11.6 Å². The van der Waals surface area contributed by atoms with E-state index in [0.717, 1.165) is 5.92 Å². The van der Waals surface area contributed by atoms with Gasteiger partial charge < -0.3 is 5.73 Å². The number of allylic oxidation sites excluding steroid dienone is 1. The van der Waals surface area contributed by atoms with Crippen LogP contribution in [0.3, 0.4) is 0 Å². The second-order valence-electron chi connectivity index (χ2n) is 3.92. The van der Waals surface area contributed by atoms with E-state index in [1.807, 2.05) is 0 Å². The van der Waals surface area contributed by atoms with Gasteiger partial charge in [0.15, 0.2) is 0 Å². The maximum absolute atomic E-state index is 4.14. The van der Waals surface area contributed by atoms with Crippen molar-refractivity contribution in [2.24, 2.45) is 5.92 Å². The first-order valence-electron chi connectivity index (χ1n) is 4.70. The first-order valence-corrected chi connectivity index (χ1v) is 4.70. The monoisotopic (exact) mass is 154 g/mol. The number of quaternary nitrogens is 1. The second kappa shape index (κ2) is 3.91. The Balaban J connectivity index is 2.54. The second-order valence-corrected chi connectivity index (χ2v) is 3.92. The molecule has 1 nitrogen and oxygen atoms in total. The van der Waals surface area contributed by atoms with E-state index < -0.39 is 0 Å². The highest BCUT2D eigenvalue weighted by Crippen LogP contribution is 2.19. The van der Waals surface area contributed by atoms with E-state index in [4.69, 9.17) is 0 Å². The Morgan fingerprint density at radius 1 is 1.45 bits per heavy atom. The maximum Gasteiger partial charge on any atom is 0.106 e. The third kappa shape index (κ3) is 2.66. The number of rotatable bonds is 0. The van der Waals surface area contributed by atoms with Crippen molar-refractivity contribution in [2.75, 3.05) is 0 Å². The van der Waals surface area contributed by atoms with Gasteiger partial charge in [0.05, 0.1) is 0 Å². The third-order valence-corrected chi connectivity index (χ3v) is 2.74. The Morgan fingerprint density at radius 2 is 2.18 bits per heavy atom. The number of hydrogen-bond donors (Lipinski definition) is 1. The predicted molar refractivity (Wildman–Crippen MR) is 48.1 cm³/mol. The molecule has 0 aromatic heterocycles. The van der Waals surface area contributed by atoms with Gasteiger partial charge in [0.2, 0.25) is 0 Å². The van der Waals surface area contributed by atoms with Crippen LogP contribution in [-0.2, 0) is 0 Å².